The Morgan fingerprint density at radius 3 is 2.34 bits per heavy atom. The largest absolute Gasteiger partial charge is 0.492 e. The summed E-state index contributed by atoms with van der Waals surface area (Å²) in [7, 11) is 4.45. The smallest absolute Gasteiger partial charge is 0.224 e. The van der Waals surface area contributed by atoms with Gasteiger partial charge in [0.05, 0.1) is 40.8 Å². The number of hydrogen-bond donors (Lipinski definition) is 2. The van der Waals surface area contributed by atoms with Crippen LogP contribution in [0.15, 0.2) is 0 Å². The van der Waals surface area contributed by atoms with Gasteiger partial charge in [0.2, 0.25) is 10.9 Å². The van der Waals surface area contributed by atoms with Crippen LogP contribution in [0.3, 0.4) is 0 Å². The lowest BCUT2D eigenvalue weighted by Gasteiger charge is -2.35. The molecule has 1 aliphatic rings. The molecule has 1 aliphatic heterocycles. The minimum absolute atomic E-state index is 0.0495. The normalized spacial score (nSPS) is 25.4. The Balaban J connectivity index is 2.46. The number of ether oxygens (including phenoxy) is 5. The van der Waals surface area contributed by atoms with Crippen molar-refractivity contribution in [1.29, 1.82) is 0 Å². The van der Waals surface area contributed by atoms with E-state index >= 15 is 0 Å². The standard InChI is InChI=1S/C19H27IO8S/c1-8-13(19(23)29-18-9(2)27-12(22)7-11(18)21)15(25-5)17(26-6)16(14(8)20)28-10(3)24-4/h9-12,18,21-22H,7H2,1-6H3. The summed E-state index contributed by atoms with van der Waals surface area (Å²) in [6.45, 7) is 5.25. The molecule has 0 spiro atoms. The number of methoxy groups -OCH3 is 3. The van der Waals surface area contributed by atoms with E-state index in [2.05, 4.69) is 22.6 Å². The monoisotopic (exact) mass is 542 g/mol. The van der Waals surface area contributed by atoms with E-state index in [0.717, 1.165) is 11.8 Å². The lowest BCUT2D eigenvalue weighted by atomic mass is 10.1. The fourth-order valence-corrected chi connectivity index (χ4v) is 4.88. The lowest BCUT2D eigenvalue weighted by molar-refractivity contribution is -0.179. The second kappa shape index (κ2) is 10.5. The Labute approximate surface area is 188 Å². The molecule has 0 amide bonds. The molecular formula is C19H27IO8S. The molecule has 1 aromatic carbocycles. The fraction of sp³-hybridized carbons (Fsp3) is 0.632. The lowest BCUT2D eigenvalue weighted by Crippen LogP contribution is -2.45. The van der Waals surface area contributed by atoms with E-state index in [1.165, 1.54) is 21.3 Å². The molecule has 164 valence electrons. The molecule has 0 radical (unpaired) electrons. The van der Waals surface area contributed by atoms with Gasteiger partial charge >= 0.3 is 0 Å². The van der Waals surface area contributed by atoms with Crippen LogP contribution < -0.4 is 14.2 Å². The molecule has 1 heterocycles. The fourth-order valence-electron chi connectivity index (χ4n) is 3.10. The zero-order chi connectivity index (χ0) is 21.9. The number of halogens is 1. The predicted octanol–water partition coefficient (Wildman–Crippen LogP) is 2.72. The van der Waals surface area contributed by atoms with Gasteiger partial charge in [-0.15, -0.1) is 0 Å². The molecule has 0 saturated carbocycles. The number of carbonyl (C=O) groups is 1. The Kier molecular flexibility index (Phi) is 8.86. The highest BCUT2D eigenvalue weighted by molar-refractivity contribution is 14.1. The van der Waals surface area contributed by atoms with E-state index in [1.807, 2.05) is 0 Å². The summed E-state index contributed by atoms with van der Waals surface area (Å²) in [5.74, 6) is 0.968. The molecule has 0 bridgehead atoms. The van der Waals surface area contributed by atoms with E-state index in [1.54, 1.807) is 20.8 Å². The van der Waals surface area contributed by atoms with Crippen molar-refractivity contribution in [3.05, 3.63) is 14.7 Å². The van der Waals surface area contributed by atoms with Gasteiger partial charge in [-0.2, -0.15) is 0 Å². The van der Waals surface area contributed by atoms with Crippen LogP contribution in [0.4, 0.5) is 0 Å². The molecule has 0 aromatic heterocycles. The Bertz CT molecular complexity index is 732. The third-order valence-electron chi connectivity index (χ3n) is 4.67. The molecular weight excluding hydrogens is 515 g/mol. The molecule has 2 N–H and O–H groups in total. The highest BCUT2D eigenvalue weighted by atomic mass is 127. The van der Waals surface area contributed by atoms with E-state index < -0.39 is 30.0 Å². The number of carbonyl (C=O) groups excluding carboxylic acids is 1. The van der Waals surface area contributed by atoms with Crippen LogP contribution in [-0.2, 0) is 9.47 Å². The van der Waals surface area contributed by atoms with Gasteiger partial charge in [0, 0.05) is 13.5 Å². The molecule has 29 heavy (non-hydrogen) atoms. The molecule has 1 fully saturated rings. The van der Waals surface area contributed by atoms with Crippen LogP contribution in [-0.4, -0.2) is 66.7 Å². The number of benzene rings is 1. The van der Waals surface area contributed by atoms with E-state index in [-0.39, 0.29) is 17.3 Å². The van der Waals surface area contributed by atoms with Crippen molar-refractivity contribution >= 4 is 39.5 Å². The number of rotatable bonds is 7. The first-order chi connectivity index (χ1) is 13.7. The summed E-state index contributed by atoms with van der Waals surface area (Å²) in [6, 6.07) is 0. The van der Waals surface area contributed by atoms with Gasteiger partial charge < -0.3 is 33.9 Å². The minimum Gasteiger partial charge on any atom is -0.492 e. The maximum absolute atomic E-state index is 13.2. The Hall–Kier alpha value is -0.790. The first kappa shape index (κ1) is 24.5. The molecule has 1 saturated heterocycles. The quantitative estimate of drug-likeness (QED) is 0.398. The number of hydrogen-bond acceptors (Lipinski definition) is 9. The summed E-state index contributed by atoms with van der Waals surface area (Å²) < 4.78 is 28.1. The van der Waals surface area contributed by atoms with Gasteiger partial charge in [-0.05, 0) is 48.9 Å². The predicted molar refractivity (Wildman–Crippen MR) is 117 cm³/mol. The van der Waals surface area contributed by atoms with Crippen molar-refractivity contribution < 1.29 is 38.7 Å². The van der Waals surface area contributed by atoms with Crippen LogP contribution >= 0.6 is 34.4 Å². The zero-order valence-corrected chi connectivity index (χ0v) is 20.2. The van der Waals surface area contributed by atoms with E-state index in [0.29, 0.717) is 26.2 Å². The average molecular weight is 542 g/mol. The van der Waals surface area contributed by atoms with Gasteiger partial charge in [0.25, 0.3) is 0 Å². The highest BCUT2D eigenvalue weighted by Crippen LogP contribution is 2.48. The van der Waals surface area contributed by atoms with E-state index in [9.17, 15) is 15.0 Å². The molecule has 8 nitrogen and oxygen atoms in total. The van der Waals surface area contributed by atoms with Crippen LogP contribution in [0.25, 0.3) is 0 Å². The van der Waals surface area contributed by atoms with Crippen LogP contribution in [0.1, 0.15) is 36.2 Å². The SMILES string of the molecule is COc1c(OC(C)OC)c(I)c(C)c(C(=O)SC2C(O)CC(O)OC2C)c1OC. The van der Waals surface area contributed by atoms with E-state index in [4.69, 9.17) is 23.7 Å². The number of aliphatic hydroxyl groups excluding tert-OH is 2. The second-order valence-corrected chi connectivity index (χ2v) is 8.83. The summed E-state index contributed by atoms with van der Waals surface area (Å²) in [6.07, 6.45) is -2.89. The van der Waals surface area contributed by atoms with Crippen LogP contribution in [0.2, 0.25) is 0 Å². The Morgan fingerprint density at radius 1 is 1.21 bits per heavy atom. The van der Waals surface area contributed by atoms with Gasteiger partial charge in [-0.25, -0.2) is 0 Å². The van der Waals surface area contributed by atoms with Crippen molar-refractivity contribution in [3.8, 4) is 17.2 Å². The molecule has 0 aliphatic carbocycles. The third-order valence-corrected chi connectivity index (χ3v) is 7.36. The first-order valence-corrected chi connectivity index (χ1v) is 11.0. The molecule has 1 aromatic rings. The Morgan fingerprint density at radius 2 is 1.83 bits per heavy atom. The maximum atomic E-state index is 13.2. The molecule has 10 heteroatoms. The average Bonchev–Trinajstić information content (AvgIpc) is 2.67. The maximum Gasteiger partial charge on any atom is 0.224 e. The van der Waals surface area contributed by atoms with Gasteiger partial charge in [0.15, 0.2) is 24.1 Å². The van der Waals surface area contributed by atoms with Crippen molar-refractivity contribution in [2.24, 2.45) is 0 Å². The van der Waals surface area contributed by atoms with Gasteiger partial charge in [-0.1, -0.05) is 11.8 Å². The highest BCUT2D eigenvalue weighted by Gasteiger charge is 2.38. The van der Waals surface area contributed by atoms with Gasteiger partial charge in [-0.3, -0.25) is 4.79 Å². The number of thioether (sulfide) groups is 1. The second-order valence-electron chi connectivity index (χ2n) is 6.60. The zero-order valence-electron chi connectivity index (χ0n) is 17.2. The van der Waals surface area contributed by atoms with Crippen molar-refractivity contribution in [2.75, 3.05) is 21.3 Å². The molecule has 5 atom stereocenters. The van der Waals surface area contributed by atoms with Crippen molar-refractivity contribution in [2.45, 2.75) is 57.2 Å². The summed E-state index contributed by atoms with van der Waals surface area (Å²) in [5.41, 5.74) is 1.000. The molecule has 5 unspecified atom stereocenters. The summed E-state index contributed by atoms with van der Waals surface area (Å²) in [4.78, 5) is 13.2. The number of aliphatic hydroxyl groups is 2. The first-order valence-electron chi connectivity index (χ1n) is 9.02. The van der Waals surface area contributed by atoms with Crippen LogP contribution in [0, 0.1) is 10.5 Å². The topological polar surface area (TPSA) is 104 Å². The minimum atomic E-state index is -1.04. The van der Waals surface area contributed by atoms with Crippen LogP contribution in [0.5, 0.6) is 17.2 Å². The molecule has 2 rings (SSSR count). The summed E-state index contributed by atoms with van der Waals surface area (Å²) in [5, 5.41) is 19.1. The van der Waals surface area contributed by atoms with Gasteiger partial charge in [0.1, 0.15) is 0 Å². The summed E-state index contributed by atoms with van der Waals surface area (Å²) >= 11 is 3.05. The van der Waals surface area contributed by atoms with Crippen molar-refractivity contribution in [3.63, 3.8) is 0 Å². The third kappa shape index (κ3) is 5.28. The van der Waals surface area contributed by atoms with Crippen molar-refractivity contribution in [1.82, 2.24) is 0 Å².